The molecule has 1 aromatic rings. The lowest BCUT2D eigenvalue weighted by Crippen LogP contribution is -2.37. The van der Waals surface area contributed by atoms with Gasteiger partial charge in [0.1, 0.15) is 5.69 Å². The number of nitrogens with one attached hydrogen (secondary N) is 2. The second kappa shape index (κ2) is 6.52. The first-order chi connectivity index (χ1) is 9.16. The highest BCUT2D eigenvalue weighted by molar-refractivity contribution is 5.92. The van der Waals surface area contributed by atoms with Crippen LogP contribution in [0.1, 0.15) is 36.2 Å². The number of hydrogen-bond donors (Lipinski definition) is 2. The van der Waals surface area contributed by atoms with Gasteiger partial charge in [-0.25, -0.2) is 0 Å². The maximum atomic E-state index is 11.8. The Hall–Kier alpha value is -1.62. The molecule has 0 aromatic carbocycles. The summed E-state index contributed by atoms with van der Waals surface area (Å²) in [4.78, 5) is 27.7. The number of aromatic amines is 1. The number of aromatic nitrogens is 1. The standard InChI is InChI=1S/C14H21N3O2/c1-17(11-5-2-3-6-11)10-9-15-14(19)12-7-4-8-13(18)16-12/h4,7-8,11H,2-3,5-6,9-10H2,1H3,(H,15,19)(H,16,18). The highest BCUT2D eigenvalue weighted by atomic mass is 16.2. The van der Waals surface area contributed by atoms with E-state index in [0.29, 0.717) is 18.3 Å². The maximum Gasteiger partial charge on any atom is 0.267 e. The fraction of sp³-hybridized carbons (Fsp3) is 0.571. The summed E-state index contributed by atoms with van der Waals surface area (Å²) < 4.78 is 0. The Labute approximate surface area is 113 Å². The lowest BCUT2D eigenvalue weighted by molar-refractivity contribution is 0.0942. The van der Waals surface area contributed by atoms with E-state index in [1.807, 2.05) is 0 Å². The van der Waals surface area contributed by atoms with Crippen LogP contribution in [-0.4, -0.2) is 42.0 Å². The minimum absolute atomic E-state index is 0.225. The van der Waals surface area contributed by atoms with Crippen LogP contribution in [0.25, 0.3) is 0 Å². The van der Waals surface area contributed by atoms with E-state index in [0.717, 1.165) is 6.54 Å². The van der Waals surface area contributed by atoms with E-state index in [-0.39, 0.29) is 11.5 Å². The topological polar surface area (TPSA) is 65.2 Å². The van der Waals surface area contributed by atoms with Crippen LogP contribution in [0.2, 0.25) is 0 Å². The van der Waals surface area contributed by atoms with E-state index < -0.39 is 0 Å². The number of carbonyl (C=O) groups excluding carboxylic acids is 1. The number of pyridine rings is 1. The number of carbonyl (C=O) groups is 1. The van der Waals surface area contributed by atoms with Crippen LogP contribution < -0.4 is 10.9 Å². The minimum atomic E-state index is -0.254. The molecular formula is C14H21N3O2. The van der Waals surface area contributed by atoms with Crippen molar-refractivity contribution in [1.82, 2.24) is 15.2 Å². The Balaban J connectivity index is 1.76. The normalized spacial score (nSPS) is 15.9. The number of amides is 1. The first-order valence-electron chi connectivity index (χ1n) is 6.84. The lowest BCUT2D eigenvalue weighted by Gasteiger charge is -2.23. The van der Waals surface area contributed by atoms with Gasteiger partial charge in [-0.05, 0) is 26.0 Å². The average molecular weight is 263 g/mol. The zero-order valence-corrected chi connectivity index (χ0v) is 11.3. The molecule has 0 saturated heterocycles. The quantitative estimate of drug-likeness (QED) is 0.832. The van der Waals surface area contributed by atoms with Crippen molar-refractivity contribution in [3.63, 3.8) is 0 Å². The molecular weight excluding hydrogens is 242 g/mol. The molecule has 1 fully saturated rings. The number of rotatable bonds is 5. The molecule has 1 heterocycles. The van der Waals surface area contributed by atoms with E-state index in [1.165, 1.54) is 31.7 Å². The van der Waals surface area contributed by atoms with Crippen molar-refractivity contribution in [1.29, 1.82) is 0 Å². The van der Waals surface area contributed by atoms with Crippen LogP contribution in [0, 0.1) is 0 Å². The predicted octanol–water partition coefficient (Wildman–Crippen LogP) is 0.979. The molecule has 1 amide bonds. The van der Waals surface area contributed by atoms with Crippen LogP contribution in [0.4, 0.5) is 0 Å². The summed E-state index contributed by atoms with van der Waals surface area (Å²) in [5.41, 5.74) is 0.0618. The molecule has 2 rings (SSSR count). The van der Waals surface area contributed by atoms with Gasteiger partial charge >= 0.3 is 0 Å². The number of likely N-dealkylation sites (N-methyl/N-ethyl adjacent to an activating group) is 1. The van der Waals surface area contributed by atoms with Gasteiger partial charge in [-0.15, -0.1) is 0 Å². The Bertz CT molecular complexity index is 478. The Kier molecular flexibility index (Phi) is 4.74. The number of nitrogens with zero attached hydrogens (tertiary/aromatic N) is 1. The second-order valence-corrected chi connectivity index (χ2v) is 5.10. The third-order valence-corrected chi connectivity index (χ3v) is 3.71. The minimum Gasteiger partial charge on any atom is -0.349 e. The molecule has 0 atom stereocenters. The zero-order chi connectivity index (χ0) is 13.7. The van der Waals surface area contributed by atoms with Gasteiger partial charge in [0.25, 0.3) is 5.91 Å². The van der Waals surface area contributed by atoms with Crippen molar-refractivity contribution in [2.24, 2.45) is 0 Å². The molecule has 1 aromatic heterocycles. The molecule has 1 aliphatic carbocycles. The summed E-state index contributed by atoms with van der Waals surface area (Å²) in [5, 5.41) is 2.83. The van der Waals surface area contributed by atoms with Crippen LogP contribution in [0.15, 0.2) is 23.0 Å². The highest BCUT2D eigenvalue weighted by Gasteiger charge is 2.19. The molecule has 0 aliphatic heterocycles. The average Bonchev–Trinajstić information content (AvgIpc) is 2.92. The monoisotopic (exact) mass is 263 g/mol. The van der Waals surface area contributed by atoms with Gasteiger partial charge in [-0.2, -0.15) is 0 Å². The largest absolute Gasteiger partial charge is 0.349 e. The molecule has 104 valence electrons. The van der Waals surface area contributed by atoms with Crippen molar-refractivity contribution < 1.29 is 4.79 Å². The molecule has 5 heteroatoms. The van der Waals surface area contributed by atoms with Crippen LogP contribution in [0.5, 0.6) is 0 Å². The summed E-state index contributed by atoms with van der Waals surface area (Å²) in [7, 11) is 2.10. The van der Waals surface area contributed by atoms with Crippen molar-refractivity contribution in [3.8, 4) is 0 Å². The Morgan fingerprint density at radius 1 is 1.42 bits per heavy atom. The molecule has 0 bridgehead atoms. The molecule has 19 heavy (non-hydrogen) atoms. The van der Waals surface area contributed by atoms with Gasteiger partial charge in [0.15, 0.2) is 0 Å². The summed E-state index contributed by atoms with van der Waals surface area (Å²) in [5.74, 6) is -0.225. The predicted molar refractivity (Wildman–Crippen MR) is 74.3 cm³/mol. The van der Waals surface area contributed by atoms with Gasteiger partial charge in [-0.3, -0.25) is 9.59 Å². The van der Waals surface area contributed by atoms with Crippen molar-refractivity contribution in [2.75, 3.05) is 20.1 Å². The fourth-order valence-corrected chi connectivity index (χ4v) is 2.55. The molecule has 0 radical (unpaired) electrons. The van der Waals surface area contributed by atoms with E-state index in [9.17, 15) is 9.59 Å². The third-order valence-electron chi connectivity index (χ3n) is 3.71. The van der Waals surface area contributed by atoms with E-state index in [2.05, 4.69) is 22.2 Å². The zero-order valence-electron chi connectivity index (χ0n) is 11.3. The van der Waals surface area contributed by atoms with Gasteiger partial charge in [0.05, 0.1) is 0 Å². The molecule has 1 saturated carbocycles. The maximum absolute atomic E-state index is 11.8. The Morgan fingerprint density at radius 2 is 2.16 bits per heavy atom. The molecule has 0 unspecified atom stereocenters. The third kappa shape index (κ3) is 3.92. The Morgan fingerprint density at radius 3 is 2.84 bits per heavy atom. The summed E-state index contributed by atoms with van der Waals surface area (Å²) >= 11 is 0. The van der Waals surface area contributed by atoms with Gasteiger partial charge in [0, 0.05) is 25.2 Å². The smallest absolute Gasteiger partial charge is 0.267 e. The number of hydrogen-bond acceptors (Lipinski definition) is 3. The molecule has 0 spiro atoms. The van der Waals surface area contributed by atoms with Gasteiger partial charge in [-0.1, -0.05) is 18.9 Å². The van der Waals surface area contributed by atoms with Crippen molar-refractivity contribution in [3.05, 3.63) is 34.2 Å². The molecule has 2 N–H and O–H groups in total. The van der Waals surface area contributed by atoms with E-state index in [1.54, 1.807) is 12.1 Å². The SMILES string of the molecule is CN(CCNC(=O)c1cccc(=O)[nH]1)C1CCCC1. The second-order valence-electron chi connectivity index (χ2n) is 5.10. The first kappa shape index (κ1) is 13.8. The number of H-pyrrole nitrogens is 1. The van der Waals surface area contributed by atoms with Gasteiger partial charge < -0.3 is 15.2 Å². The summed E-state index contributed by atoms with van der Waals surface area (Å²) in [6.07, 6.45) is 5.14. The van der Waals surface area contributed by atoms with Crippen LogP contribution in [0.3, 0.4) is 0 Å². The molecule has 1 aliphatic rings. The summed E-state index contributed by atoms with van der Waals surface area (Å²) in [6, 6.07) is 5.24. The van der Waals surface area contributed by atoms with Crippen molar-refractivity contribution >= 4 is 5.91 Å². The highest BCUT2D eigenvalue weighted by Crippen LogP contribution is 2.21. The fourth-order valence-electron chi connectivity index (χ4n) is 2.55. The lowest BCUT2D eigenvalue weighted by atomic mass is 10.2. The van der Waals surface area contributed by atoms with Gasteiger partial charge in [0.2, 0.25) is 5.56 Å². The van der Waals surface area contributed by atoms with Crippen LogP contribution >= 0.6 is 0 Å². The van der Waals surface area contributed by atoms with Crippen molar-refractivity contribution in [2.45, 2.75) is 31.7 Å². The van der Waals surface area contributed by atoms with E-state index >= 15 is 0 Å². The van der Waals surface area contributed by atoms with E-state index in [4.69, 9.17) is 0 Å². The first-order valence-corrected chi connectivity index (χ1v) is 6.84. The van der Waals surface area contributed by atoms with Crippen LogP contribution in [-0.2, 0) is 0 Å². The summed E-state index contributed by atoms with van der Waals surface area (Å²) in [6.45, 7) is 1.44. The molecule has 5 nitrogen and oxygen atoms in total.